The molecule has 6 nitrogen and oxygen atoms in total. The molecule has 4 aliphatic rings. The SMILES string of the molecule is C[C@H]1[C@H](NC(=O)c2ccc(Sc3cncc(N4CCOCC4)c3)cc2)C2CCN1CC2. The van der Waals surface area contributed by atoms with Crippen molar-refractivity contribution in [1.29, 1.82) is 0 Å². The number of anilines is 1. The molecule has 5 heterocycles. The number of benzene rings is 1. The molecule has 0 spiro atoms. The van der Waals surface area contributed by atoms with E-state index in [0.717, 1.165) is 47.3 Å². The van der Waals surface area contributed by atoms with Gasteiger partial charge in [0.25, 0.3) is 5.91 Å². The van der Waals surface area contributed by atoms with Crippen molar-refractivity contribution in [2.45, 2.75) is 41.6 Å². The minimum Gasteiger partial charge on any atom is -0.378 e. The molecule has 2 atom stereocenters. The van der Waals surface area contributed by atoms with E-state index in [4.69, 9.17) is 4.74 Å². The van der Waals surface area contributed by atoms with E-state index in [2.05, 4.69) is 33.1 Å². The number of nitrogens with one attached hydrogen (secondary N) is 1. The number of carbonyl (C=O) groups excluding carboxylic acids is 1. The molecule has 164 valence electrons. The molecule has 2 bridgehead atoms. The molecular formula is C24H30N4O2S. The molecular weight excluding hydrogens is 408 g/mol. The van der Waals surface area contributed by atoms with Crippen LogP contribution in [0.25, 0.3) is 0 Å². The van der Waals surface area contributed by atoms with Gasteiger partial charge in [0.05, 0.1) is 25.1 Å². The van der Waals surface area contributed by atoms with Gasteiger partial charge in [-0.05, 0) is 69.1 Å². The summed E-state index contributed by atoms with van der Waals surface area (Å²) in [6, 6.07) is 10.8. The van der Waals surface area contributed by atoms with Crippen LogP contribution in [0.15, 0.2) is 52.5 Å². The predicted molar refractivity (Wildman–Crippen MR) is 123 cm³/mol. The second-order valence-corrected chi connectivity index (χ2v) is 9.86. The largest absolute Gasteiger partial charge is 0.378 e. The molecule has 0 saturated carbocycles. The number of amides is 1. The summed E-state index contributed by atoms with van der Waals surface area (Å²) >= 11 is 1.67. The fourth-order valence-electron chi connectivity index (χ4n) is 5.05. The number of carbonyl (C=O) groups is 1. The van der Waals surface area contributed by atoms with Crippen LogP contribution in [0.5, 0.6) is 0 Å². The van der Waals surface area contributed by atoms with Gasteiger partial charge in [-0.2, -0.15) is 0 Å². The number of piperidine rings is 3. The van der Waals surface area contributed by atoms with E-state index in [1.807, 2.05) is 36.7 Å². The summed E-state index contributed by atoms with van der Waals surface area (Å²) in [6.07, 6.45) is 6.20. The first-order chi connectivity index (χ1) is 15.2. The summed E-state index contributed by atoms with van der Waals surface area (Å²) in [5, 5.41) is 3.32. The number of morpholine rings is 1. The highest BCUT2D eigenvalue weighted by Gasteiger charge is 2.40. The van der Waals surface area contributed by atoms with Crippen molar-refractivity contribution >= 4 is 23.4 Å². The summed E-state index contributed by atoms with van der Waals surface area (Å²) in [6.45, 7) is 7.92. The summed E-state index contributed by atoms with van der Waals surface area (Å²) in [5.74, 6) is 0.656. The normalized spacial score (nSPS) is 27.8. The topological polar surface area (TPSA) is 57.7 Å². The first kappa shape index (κ1) is 20.8. The van der Waals surface area contributed by atoms with Gasteiger partial charge >= 0.3 is 0 Å². The molecule has 0 radical (unpaired) electrons. The maximum Gasteiger partial charge on any atom is 0.251 e. The fraction of sp³-hybridized carbons (Fsp3) is 0.500. The molecule has 1 N–H and O–H groups in total. The average Bonchev–Trinajstić information content (AvgIpc) is 2.83. The molecule has 4 fully saturated rings. The lowest BCUT2D eigenvalue weighted by molar-refractivity contribution is 0.0217. The van der Waals surface area contributed by atoms with Crippen LogP contribution in [-0.4, -0.2) is 67.3 Å². The Bertz CT molecular complexity index is 906. The van der Waals surface area contributed by atoms with Crippen LogP contribution in [0, 0.1) is 5.92 Å². The van der Waals surface area contributed by atoms with Crippen molar-refractivity contribution in [3.8, 4) is 0 Å². The third-order valence-corrected chi connectivity index (χ3v) is 7.87. The molecule has 6 rings (SSSR count). The number of hydrogen-bond donors (Lipinski definition) is 1. The van der Waals surface area contributed by atoms with Gasteiger partial charge in [0.1, 0.15) is 0 Å². The molecule has 1 aromatic heterocycles. The Hall–Kier alpha value is -2.09. The number of aromatic nitrogens is 1. The summed E-state index contributed by atoms with van der Waals surface area (Å²) in [4.78, 5) is 24.3. The van der Waals surface area contributed by atoms with E-state index < -0.39 is 0 Å². The molecule has 4 saturated heterocycles. The van der Waals surface area contributed by atoms with Gasteiger partial charge in [-0.25, -0.2) is 0 Å². The molecule has 31 heavy (non-hydrogen) atoms. The summed E-state index contributed by atoms with van der Waals surface area (Å²) in [5.41, 5.74) is 1.86. The lowest BCUT2D eigenvalue weighted by Gasteiger charge is -2.49. The molecule has 0 unspecified atom stereocenters. The Labute approximate surface area is 188 Å². The van der Waals surface area contributed by atoms with E-state index in [0.29, 0.717) is 12.0 Å². The second kappa shape index (κ2) is 9.18. The zero-order chi connectivity index (χ0) is 21.2. The Morgan fingerprint density at radius 3 is 2.52 bits per heavy atom. The number of hydrogen-bond acceptors (Lipinski definition) is 6. The van der Waals surface area contributed by atoms with Gasteiger partial charge < -0.3 is 15.0 Å². The number of pyridine rings is 1. The molecule has 7 heteroatoms. The number of nitrogens with zero attached hydrogens (tertiary/aromatic N) is 3. The third kappa shape index (κ3) is 4.59. The fourth-order valence-corrected chi connectivity index (χ4v) is 5.89. The first-order valence-corrected chi connectivity index (χ1v) is 12.1. The van der Waals surface area contributed by atoms with Crippen molar-refractivity contribution in [3.05, 3.63) is 48.3 Å². The highest BCUT2D eigenvalue weighted by atomic mass is 32.2. The first-order valence-electron chi connectivity index (χ1n) is 11.3. The molecule has 2 aromatic rings. The molecule has 1 aromatic carbocycles. The van der Waals surface area contributed by atoms with Gasteiger partial charge in [-0.3, -0.25) is 14.7 Å². The Balaban J connectivity index is 1.22. The zero-order valence-electron chi connectivity index (χ0n) is 18.0. The van der Waals surface area contributed by atoms with Crippen molar-refractivity contribution in [2.24, 2.45) is 5.92 Å². The van der Waals surface area contributed by atoms with Gasteiger partial charge in [-0.1, -0.05) is 11.8 Å². The maximum atomic E-state index is 12.9. The van der Waals surface area contributed by atoms with E-state index in [1.54, 1.807) is 11.8 Å². The van der Waals surface area contributed by atoms with E-state index >= 15 is 0 Å². The van der Waals surface area contributed by atoms with Crippen molar-refractivity contribution in [3.63, 3.8) is 0 Å². The van der Waals surface area contributed by atoms with E-state index in [1.165, 1.54) is 25.9 Å². The second-order valence-electron chi connectivity index (χ2n) is 8.72. The maximum absolute atomic E-state index is 12.9. The Morgan fingerprint density at radius 2 is 1.81 bits per heavy atom. The van der Waals surface area contributed by atoms with Gasteiger partial charge in [0.15, 0.2) is 0 Å². The number of rotatable bonds is 5. The van der Waals surface area contributed by atoms with Crippen molar-refractivity contribution in [2.75, 3.05) is 44.3 Å². The van der Waals surface area contributed by atoms with Crippen LogP contribution in [-0.2, 0) is 4.74 Å². The summed E-state index contributed by atoms with van der Waals surface area (Å²) in [7, 11) is 0. The van der Waals surface area contributed by atoms with Crippen LogP contribution in [0.3, 0.4) is 0 Å². The van der Waals surface area contributed by atoms with Gasteiger partial charge in [-0.15, -0.1) is 0 Å². The third-order valence-electron chi connectivity index (χ3n) is 6.90. The summed E-state index contributed by atoms with van der Waals surface area (Å²) < 4.78 is 5.44. The van der Waals surface area contributed by atoms with Crippen LogP contribution in [0.2, 0.25) is 0 Å². The lowest BCUT2D eigenvalue weighted by atomic mass is 9.79. The molecule has 1 amide bonds. The van der Waals surface area contributed by atoms with E-state index in [9.17, 15) is 4.79 Å². The monoisotopic (exact) mass is 438 g/mol. The minimum atomic E-state index is 0.0399. The zero-order valence-corrected chi connectivity index (χ0v) is 18.8. The van der Waals surface area contributed by atoms with Crippen LogP contribution >= 0.6 is 11.8 Å². The van der Waals surface area contributed by atoms with Gasteiger partial charge in [0.2, 0.25) is 0 Å². The highest BCUT2D eigenvalue weighted by molar-refractivity contribution is 7.99. The minimum absolute atomic E-state index is 0.0399. The smallest absolute Gasteiger partial charge is 0.251 e. The van der Waals surface area contributed by atoms with Crippen molar-refractivity contribution < 1.29 is 9.53 Å². The Morgan fingerprint density at radius 1 is 1.06 bits per heavy atom. The molecule has 0 aliphatic carbocycles. The highest BCUT2D eigenvalue weighted by Crippen LogP contribution is 2.33. The number of ether oxygens (including phenoxy) is 1. The average molecular weight is 439 g/mol. The van der Waals surface area contributed by atoms with Crippen molar-refractivity contribution in [1.82, 2.24) is 15.2 Å². The van der Waals surface area contributed by atoms with Crippen LogP contribution in [0.4, 0.5) is 5.69 Å². The van der Waals surface area contributed by atoms with Crippen LogP contribution < -0.4 is 10.2 Å². The van der Waals surface area contributed by atoms with E-state index in [-0.39, 0.29) is 11.9 Å². The Kier molecular flexibility index (Phi) is 6.16. The van der Waals surface area contributed by atoms with Gasteiger partial charge in [0, 0.05) is 46.7 Å². The van der Waals surface area contributed by atoms with Crippen LogP contribution in [0.1, 0.15) is 30.1 Å². The number of fused-ring (bicyclic) bond motifs is 3. The standard InChI is InChI=1S/C24H30N4O2S/c1-17-23(18-6-8-27(17)9-7-18)26-24(29)19-2-4-21(5-3-19)31-22-14-20(15-25-16-22)28-10-12-30-13-11-28/h2-5,14-18,23H,6-13H2,1H3,(H,26,29)/t17-,23-/m0/s1. The quantitative estimate of drug-likeness (QED) is 0.773. The lowest BCUT2D eigenvalue weighted by Crippen LogP contribution is -2.62. The predicted octanol–water partition coefficient (Wildman–Crippen LogP) is 3.28. The molecule has 4 aliphatic heterocycles.